The molecule has 2 aromatic rings. The molecule has 0 saturated heterocycles. The third-order valence-electron chi connectivity index (χ3n) is 2.40. The van der Waals surface area contributed by atoms with E-state index >= 15 is 0 Å². The molecule has 0 radical (unpaired) electrons. The standard InChI is InChI=1S/C14H12FNO/c1-11-5-7-14(8-6-11)16(17)10-12-3-2-4-13(15)9-12/h2-10H,1H3. The monoisotopic (exact) mass is 229 g/mol. The fraction of sp³-hybridized carbons (Fsp3) is 0.0714. The second kappa shape index (κ2) is 4.78. The third-order valence-corrected chi connectivity index (χ3v) is 2.40. The van der Waals surface area contributed by atoms with E-state index in [1.807, 2.05) is 19.1 Å². The molecule has 0 aromatic heterocycles. The maximum atomic E-state index is 12.9. The van der Waals surface area contributed by atoms with Crippen LogP contribution in [-0.2, 0) is 0 Å². The molecule has 2 aromatic carbocycles. The van der Waals surface area contributed by atoms with Crippen LogP contribution in [0.15, 0.2) is 48.5 Å². The minimum Gasteiger partial charge on any atom is -0.618 e. The Bertz CT molecular complexity index is 546. The summed E-state index contributed by atoms with van der Waals surface area (Å²) in [5.41, 5.74) is 2.16. The minimum atomic E-state index is -0.351. The molecule has 0 bridgehead atoms. The molecule has 17 heavy (non-hydrogen) atoms. The molecule has 0 aliphatic rings. The lowest BCUT2D eigenvalue weighted by Crippen LogP contribution is -1.98. The summed E-state index contributed by atoms with van der Waals surface area (Å²) in [6.45, 7) is 1.95. The van der Waals surface area contributed by atoms with Crippen molar-refractivity contribution in [2.24, 2.45) is 0 Å². The van der Waals surface area contributed by atoms with Gasteiger partial charge in [-0.3, -0.25) is 0 Å². The number of benzene rings is 2. The van der Waals surface area contributed by atoms with Gasteiger partial charge in [0, 0.05) is 17.7 Å². The van der Waals surface area contributed by atoms with Gasteiger partial charge in [0.15, 0.2) is 6.21 Å². The summed E-state index contributed by atoms with van der Waals surface area (Å²) < 4.78 is 13.7. The van der Waals surface area contributed by atoms with Crippen molar-refractivity contribution in [3.05, 3.63) is 70.7 Å². The zero-order chi connectivity index (χ0) is 12.3. The zero-order valence-corrected chi connectivity index (χ0v) is 9.43. The molecule has 0 saturated carbocycles. The Morgan fingerprint density at radius 1 is 1.12 bits per heavy atom. The van der Waals surface area contributed by atoms with Crippen LogP contribution >= 0.6 is 0 Å². The summed E-state index contributed by atoms with van der Waals surface area (Å²) in [4.78, 5) is 0. The average Bonchev–Trinajstić information content (AvgIpc) is 2.29. The number of hydrogen-bond donors (Lipinski definition) is 0. The van der Waals surface area contributed by atoms with Gasteiger partial charge in [-0.1, -0.05) is 23.8 Å². The highest BCUT2D eigenvalue weighted by Crippen LogP contribution is 2.12. The molecule has 2 nitrogen and oxygen atoms in total. The molecule has 2 rings (SSSR count). The van der Waals surface area contributed by atoms with Crippen molar-refractivity contribution in [1.82, 2.24) is 0 Å². The van der Waals surface area contributed by atoms with Crippen LogP contribution in [-0.4, -0.2) is 11.0 Å². The van der Waals surface area contributed by atoms with E-state index in [0.717, 1.165) is 10.3 Å². The SMILES string of the molecule is Cc1ccc([N+]([O-])=Cc2cccc(F)c2)cc1. The Labute approximate surface area is 99.2 Å². The van der Waals surface area contributed by atoms with Crippen LogP contribution in [0, 0.1) is 17.9 Å². The van der Waals surface area contributed by atoms with Gasteiger partial charge in [-0.25, -0.2) is 4.39 Å². The lowest BCUT2D eigenvalue weighted by Gasteiger charge is -2.03. The molecule has 0 heterocycles. The van der Waals surface area contributed by atoms with Crippen LogP contribution in [0.3, 0.4) is 0 Å². The van der Waals surface area contributed by atoms with Crippen LogP contribution in [0.2, 0.25) is 0 Å². The van der Waals surface area contributed by atoms with Crippen molar-refractivity contribution in [2.45, 2.75) is 6.92 Å². The van der Waals surface area contributed by atoms with Gasteiger partial charge in [0.1, 0.15) is 5.82 Å². The Morgan fingerprint density at radius 2 is 1.82 bits per heavy atom. The topological polar surface area (TPSA) is 26.1 Å². The Hall–Kier alpha value is -2.16. The minimum absolute atomic E-state index is 0.351. The van der Waals surface area contributed by atoms with Gasteiger partial charge < -0.3 is 5.21 Å². The molecule has 3 heteroatoms. The first kappa shape index (κ1) is 11.3. The maximum absolute atomic E-state index is 12.9. The summed E-state index contributed by atoms with van der Waals surface area (Å²) in [5.74, 6) is -0.351. The first-order valence-corrected chi connectivity index (χ1v) is 5.28. The van der Waals surface area contributed by atoms with E-state index in [-0.39, 0.29) is 5.82 Å². The Kier molecular flexibility index (Phi) is 3.19. The summed E-state index contributed by atoms with van der Waals surface area (Å²) >= 11 is 0. The molecule has 0 amide bonds. The van der Waals surface area contributed by atoms with E-state index in [9.17, 15) is 9.60 Å². The highest BCUT2D eigenvalue weighted by molar-refractivity contribution is 5.76. The average molecular weight is 229 g/mol. The maximum Gasteiger partial charge on any atom is 0.216 e. The van der Waals surface area contributed by atoms with Crippen molar-refractivity contribution in [1.29, 1.82) is 0 Å². The molecular weight excluding hydrogens is 217 g/mol. The molecule has 0 spiro atoms. The fourth-order valence-electron chi connectivity index (χ4n) is 1.49. The van der Waals surface area contributed by atoms with Crippen LogP contribution < -0.4 is 0 Å². The van der Waals surface area contributed by atoms with Crippen LogP contribution in [0.1, 0.15) is 11.1 Å². The predicted octanol–water partition coefficient (Wildman–Crippen LogP) is 3.40. The largest absolute Gasteiger partial charge is 0.618 e. The van der Waals surface area contributed by atoms with E-state index in [0.29, 0.717) is 11.3 Å². The highest BCUT2D eigenvalue weighted by Gasteiger charge is 2.01. The Morgan fingerprint density at radius 3 is 2.47 bits per heavy atom. The van der Waals surface area contributed by atoms with Gasteiger partial charge in [-0.2, -0.15) is 4.74 Å². The summed E-state index contributed by atoms with van der Waals surface area (Å²) in [6, 6.07) is 13.1. The molecule has 0 atom stereocenters. The van der Waals surface area contributed by atoms with Gasteiger partial charge in [0.05, 0.1) is 0 Å². The number of aryl methyl sites for hydroxylation is 1. The van der Waals surface area contributed by atoms with Crippen LogP contribution in [0.4, 0.5) is 10.1 Å². The van der Waals surface area contributed by atoms with Crippen molar-refractivity contribution >= 4 is 11.9 Å². The Balaban J connectivity index is 2.30. The van der Waals surface area contributed by atoms with Gasteiger partial charge >= 0.3 is 0 Å². The van der Waals surface area contributed by atoms with Crippen molar-refractivity contribution < 1.29 is 9.13 Å². The molecule has 0 fully saturated rings. The smallest absolute Gasteiger partial charge is 0.216 e. The van der Waals surface area contributed by atoms with E-state index in [1.165, 1.54) is 18.3 Å². The van der Waals surface area contributed by atoms with Crippen LogP contribution in [0.25, 0.3) is 0 Å². The van der Waals surface area contributed by atoms with E-state index in [2.05, 4.69) is 0 Å². The first-order chi connectivity index (χ1) is 8.15. The lowest BCUT2D eigenvalue weighted by molar-refractivity contribution is -0.354. The van der Waals surface area contributed by atoms with Gasteiger partial charge in [0.2, 0.25) is 5.69 Å². The van der Waals surface area contributed by atoms with Gasteiger partial charge in [-0.05, 0) is 25.1 Å². The van der Waals surface area contributed by atoms with Crippen molar-refractivity contribution in [3.63, 3.8) is 0 Å². The summed E-state index contributed by atoms with van der Waals surface area (Å²) in [5, 5.41) is 11.8. The number of hydrogen-bond acceptors (Lipinski definition) is 1. The predicted molar refractivity (Wildman–Crippen MR) is 66.0 cm³/mol. The molecule has 0 N–H and O–H groups in total. The molecule has 0 unspecified atom stereocenters. The van der Waals surface area contributed by atoms with Gasteiger partial charge in [-0.15, -0.1) is 0 Å². The number of nitrogens with zero attached hydrogens (tertiary/aromatic N) is 1. The third kappa shape index (κ3) is 2.91. The quantitative estimate of drug-likeness (QED) is 0.335. The van der Waals surface area contributed by atoms with Crippen LogP contribution in [0.5, 0.6) is 0 Å². The summed E-state index contributed by atoms with van der Waals surface area (Å²) in [7, 11) is 0. The second-order valence-corrected chi connectivity index (χ2v) is 3.85. The summed E-state index contributed by atoms with van der Waals surface area (Å²) in [6.07, 6.45) is 1.35. The molecular formula is C14H12FNO. The lowest BCUT2D eigenvalue weighted by atomic mass is 10.2. The first-order valence-electron chi connectivity index (χ1n) is 5.28. The van der Waals surface area contributed by atoms with E-state index in [1.54, 1.807) is 24.3 Å². The van der Waals surface area contributed by atoms with Gasteiger partial charge in [0.25, 0.3) is 0 Å². The van der Waals surface area contributed by atoms with E-state index < -0.39 is 0 Å². The number of rotatable bonds is 2. The van der Waals surface area contributed by atoms with Crippen molar-refractivity contribution in [2.75, 3.05) is 0 Å². The normalized spacial score (nSPS) is 11.5. The number of halogens is 1. The second-order valence-electron chi connectivity index (χ2n) is 3.85. The van der Waals surface area contributed by atoms with E-state index in [4.69, 9.17) is 0 Å². The highest BCUT2D eigenvalue weighted by atomic mass is 19.1. The molecule has 0 aliphatic heterocycles. The fourth-order valence-corrected chi connectivity index (χ4v) is 1.49. The molecule has 0 aliphatic carbocycles. The molecule has 86 valence electrons. The zero-order valence-electron chi connectivity index (χ0n) is 9.43. The van der Waals surface area contributed by atoms with Crippen molar-refractivity contribution in [3.8, 4) is 0 Å².